The summed E-state index contributed by atoms with van der Waals surface area (Å²) < 4.78 is 1.19. The molecule has 0 fully saturated rings. The fourth-order valence-electron chi connectivity index (χ4n) is 2.28. The van der Waals surface area contributed by atoms with Crippen LogP contribution in [0.5, 0.6) is 0 Å². The molecule has 1 aromatic rings. The first kappa shape index (κ1) is 11.0. The molecule has 1 N–H and O–H groups in total. The molecule has 0 spiro atoms. The summed E-state index contributed by atoms with van der Waals surface area (Å²) in [5, 5.41) is 3.51. The third kappa shape index (κ3) is 1.80. The van der Waals surface area contributed by atoms with Crippen molar-refractivity contribution in [3.63, 3.8) is 0 Å². The maximum atomic E-state index is 3.60. The lowest BCUT2D eigenvalue weighted by atomic mass is 9.74. The van der Waals surface area contributed by atoms with Gasteiger partial charge >= 0.3 is 0 Å². The first-order valence-electron chi connectivity index (χ1n) is 5.58. The van der Waals surface area contributed by atoms with Gasteiger partial charge in [0.1, 0.15) is 0 Å². The number of para-hydroxylation sites is 1. The SMILES string of the molecule is CCC(C)(C)C1CNc2c(Br)cccc21. The van der Waals surface area contributed by atoms with E-state index in [-0.39, 0.29) is 0 Å². The van der Waals surface area contributed by atoms with E-state index in [1.807, 2.05) is 0 Å². The van der Waals surface area contributed by atoms with Crippen molar-refractivity contribution in [2.45, 2.75) is 33.1 Å². The number of benzene rings is 1. The first-order valence-corrected chi connectivity index (χ1v) is 6.38. The van der Waals surface area contributed by atoms with E-state index in [0.717, 1.165) is 6.54 Å². The predicted molar refractivity (Wildman–Crippen MR) is 69.4 cm³/mol. The molecular weight excluding hydrogens is 250 g/mol. The highest BCUT2D eigenvalue weighted by Gasteiger charge is 2.34. The number of nitrogens with one attached hydrogen (secondary N) is 1. The maximum absolute atomic E-state index is 3.60. The minimum absolute atomic E-state index is 0.374. The Balaban J connectivity index is 2.41. The molecule has 1 nitrogen and oxygen atoms in total. The Morgan fingerprint density at radius 3 is 2.87 bits per heavy atom. The molecule has 15 heavy (non-hydrogen) atoms. The van der Waals surface area contributed by atoms with E-state index in [0.29, 0.717) is 11.3 Å². The molecule has 1 aliphatic rings. The van der Waals surface area contributed by atoms with Gasteiger partial charge in [0.15, 0.2) is 0 Å². The van der Waals surface area contributed by atoms with E-state index in [1.54, 1.807) is 0 Å². The molecule has 0 bridgehead atoms. The minimum Gasteiger partial charge on any atom is -0.383 e. The van der Waals surface area contributed by atoms with Crippen LogP contribution in [0.1, 0.15) is 38.7 Å². The van der Waals surface area contributed by atoms with E-state index in [4.69, 9.17) is 0 Å². The number of anilines is 1. The van der Waals surface area contributed by atoms with Crippen molar-refractivity contribution in [3.05, 3.63) is 28.2 Å². The third-order valence-electron chi connectivity index (χ3n) is 3.76. The molecule has 1 aromatic carbocycles. The molecule has 2 rings (SSSR count). The zero-order chi connectivity index (χ0) is 11.1. The molecule has 0 aromatic heterocycles. The second-order valence-corrected chi connectivity index (χ2v) is 5.83. The summed E-state index contributed by atoms with van der Waals surface area (Å²) in [4.78, 5) is 0. The largest absolute Gasteiger partial charge is 0.383 e. The van der Waals surface area contributed by atoms with Crippen molar-refractivity contribution in [2.75, 3.05) is 11.9 Å². The molecule has 1 atom stereocenters. The first-order chi connectivity index (χ1) is 7.06. The number of halogens is 1. The molecule has 82 valence electrons. The van der Waals surface area contributed by atoms with Gasteiger partial charge in [-0.1, -0.05) is 39.3 Å². The standard InChI is InChI=1S/C13H18BrN/c1-4-13(2,3)10-8-15-12-9(10)6-5-7-11(12)14/h5-7,10,15H,4,8H2,1-3H3. The second-order valence-electron chi connectivity index (χ2n) is 4.98. The van der Waals surface area contributed by atoms with Crippen molar-refractivity contribution in [2.24, 2.45) is 5.41 Å². The molecule has 2 heteroatoms. The summed E-state index contributed by atoms with van der Waals surface area (Å²) in [7, 11) is 0. The summed E-state index contributed by atoms with van der Waals surface area (Å²) in [5.74, 6) is 0.634. The lowest BCUT2D eigenvalue weighted by Crippen LogP contribution is -2.22. The molecule has 0 saturated heterocycles. The lowest BCUT2D eigenvalue weighted by Gasteiger charge is -2.30. The van der Waals surface area contributed by atoms with E-state index in [9.17, 15) is 0 Å². The van der Waals surface area contributed by atoms with Gasteiger partial charge in [-0.05, 0) is 33.0 Å². The van der Waals surface area contributed by atoms with E-state index >= 15 is 0 Å². The van der Waals surface area contributed by atoms with E-state index in [2.05, 4.69) is 60.2 Å². The Labute approximate surface area is 100 Å². The average molecular weight is 268 g/mol. The predicted octanol–water partition coefficient (Wildman–Crippen LogP) is 4.39. The monoisotopic (exact) mass is 267 g/mol. The van der Waals surface area contributed by atoms with Gasteiger partial charge in [0.25, 0.3) is 0 Å². The van der Waals surface area contributed by atoms with Crippen LogP contribution in [-0.4, -0.2) is 6.54 Å². The van der Waals surface area contributed by atoms with Gasteiger partial charge in [-0.2, -0.15) is 0 Å². The summed E-state index contributed by atoms with van der Waals surface area (Å²) in [6.45, 7) is 8.06. The van der Waals surface area contributed by atoms with Gasteiger partial charge < -0.3 is 5.32 Å². The van der Waals surface area contributed by atoms with Gasteiger partial charge in [-0.25, -0.2) is 0 Å². The van der Waals surface area contributed by atoms with Crippen molar-refractivity contribution in [1.82, 2.24) is 0 Å². The summed E-state index contributed by atoms with van der Waals surface area (Å²) in [6, 6.07) is 6.49. The summed E-state index contributed by atoms with van der Waals surface area (Å²) in [5.41, 5.74) is 3.14. The van der Waals surface area contributed by atoms with Gasteiger partial charge in [-0.3, -0.25) is 0 Å². The van der Waals surface area contributed by atoms with Crippen LogP contribution >= 0.6 is 15.9 Å². The zero-order valence-corrected chi connectivity index (χ0v) is 11.2. The zero-order valence-electron chi connectivity index (χ0n) is 9.60. The van der Waals surface area contributed by atoms with Crippen LogP contribution in [0.4, 0.5) is 5.69 Å². The van der Waals surface area contributed by atoms with Gasteiger partial charge in [0.2, 0.25) is 0 Å². The Bertz CT molecular complexity index is 371. The molecule has 1 unspecified atom stereocenters. The highest BCUT2D eigenvalue weighted by molar-refractivity contribution is 9.10. The molecular formula is C13H18BrN. The molecule has 1 heterocycles. The smallest absolute Gasteiger partial charge is 0.0521 e. The topological polar surface area (TPSA) is 12.0 Å². The number of hydrogen-bond acceptors (Lipinski definition) is 1. The molecule has 1 aliphatic heterocycles. The lowest BCUT2D eigenvalue weighted by molar-refractivity contribution is 0.289. The highest BCUT2D eigenvalue weighted by Crippen LogP contribution is 2.46. The third-order valence-corrected chi connectivity index (χ3v) is 4.42. The van der Waals surface area contributed by atoms with Crippen LogP contribution in [-0.2, 0) is 0 Å². The van der Waals surface area contributed by atoms with Gasteiger partial charge in [0.05, 0.1) is 5.69 Å². The highest BCUT2D eigenvalue weighted by atomic mass is 79.9. The summed E-state index contributed by atoms with van der Waals surface area (Å²) >= 11 is 3.60. The van der Waals surface area contributed by atoms with E-state index < -0.39 is 0 Å². The van der Waals surface area contributed by atoms with Crippen molar-refractivity contribution < 1.29 is 0 Å². The van der Waals surface area contributed by atoms with Gasteiger partial charge in [-0.15, -0.1) is 0 Å². The fourth-order valence-corrected chi connectivity index (χ4v) is 2.80. The normalized spacial score (nSPS) is 19.9. The van der Waals surface area contributed by atoms with Crippen LogP contribution in [0.15, 0.2) is 22.7 Å². The Morgan fingerprint density at radius 2 is 2.20 bits per heavy atom. The van der Waals surface area contributed by atoms with Crippen LogP contribution in [0.25, 0.3) is 0 Å². The minimum atomic E-state index is 0.374. The quantitative estimate of drug-likeness (QED) is 0.838. The van der Waals surface area contributed by atoms with Crippen molar-refractivity contribution in [1.29, 1.82) is 0 Å². The molecule has 0 aliphatic carbocycles. The van der Waals surface area contributed by atoms with Crippen molar-refractivity contribution in [3.8, 4) is 0 Å². The van der Waals surface area contributed by atoms with Crippen molar-refractivity contribution >= 4 is 21.6 Å². The average Bonchev–Trinajstić information content (AvgIpc) is 2.63. The second kappa shape index (κ2) is 3.82. The van der Waals surface area contributed by atoms with Crippen LogP contribution in [0.2, 0.25) is 0 Å². The Morgan fingerprint density at radius 1 is 1.47 bits per heavy atom. The van der Waals surface area contributed by atoms with Crippen LogP contribution in [0, 0.1) is 5.41 Å². The van der Waals surface area contributed by atoms with Crippen LogP contribution in [0.3, 0.4) is 0 Å². The maximum Gasteiger partial charge on any atom is 0.0521 e. The number of rotatable bonds is 2. The Hall–Kier alpha value is -0.500. The van der Waals surface area contributed by atoms with Gasteiger partial charge in [0, 0.05) is 16.9 Å². The number of hydrogen-bond donors (Lipinski definition) is 1. The molecule has 0 saturated carbocycles. The summed E-state index contributed by atoms with van der Waals surface area (Å²) in [6.07, 6.45) is 1.21. The Kier molecular flexibility index (Phi) is 2.80. The molecule has 0 amide bonds. The van der Waals surface area contributed by atoms with E-state index in [1.165, 1.54) is 22.1 Å². The van der Waals surface area contributed by atoms with Crippen LogP contribution < -0.4 is 5.32 Å². The number of fused-ring (bicyclic) bond motifs is 1. The molecule has 0 radical (unpaired) electrons. The fraction of sp³-hybridized carbons (Fsp3) is 0.538.